The van der Waals surface area contributed by atoms with Crippen LogP contribution in [0.2, 0.25) is 0 Å². The fourth-order valence-corrected chi connectivity index (χ4v) is 2.40. The Morgan fingerprint density at radius 3 is 2.18 bits per heavy atom. The third-order valence-corrected chi connectivity index (χ3v) is 3.82. The zero-order chi connectivity index (χ0) is 15.9. The molecule has 0 aliphatic heterocycles. The van der Waals surface area contributed by atoms with Crippen molar-refractivity contribution >= 4 is 51.7 Å². The highest BCUT2D eigenvalue weighted by Crippen LogP contribution is 2.10. The summed E-state index contributed by atoms with van der Waals surface area (Å²) in [6.07, 6.45) is 0. The summed E-state index contributed by atoms with van der Waals surface area (Å²) in [7, 11) is 0. The Kier molecular flexibility index (Phi) is 5.84. The van der Waals surface area contributed by atoms with Crippen LogP contribution in [0.15, 0.2) is 54.6 Å². The first kappa shape index (κ1) is 16.4. The van der Waals surface area contributed by atoms with Crippen LogP contribution in [0.25, 0.3) is 0 Å². The van der Waals surface area contributed by atoms with Gasteiger partial charge in [-0.2, -0.15) is 0 Å². The lowest BCUT2D eigenvalue weighted by molar-refractivity contribution is 0.0934. The number of carbonyl (C=O) groups is 2. The van der Waals surface area contributed by atoms with E-state index in [9.17, 15) is 9.59 Å². The van der Waals surface area contributed by atoms with Crippen LogP contribution in [0.5, 0.6) is 0 Å². The monoisotopic (exact) mass is 425 g/mol. The molecule has 3 N–H and O–H groups in total. The van der Waals surface area contributed by atoms with Gasteiger partial charge >= 0.3 is 0 Å². The maximum atomic E-state index is 12.0. The van der Waals surface area contributed by atoms with Crippen molar-refractivity contribution in [2.45, 2.75) is 0 Å². The first-order valence-corrected chi connectivity index (χ1v) is 7.78. The standard InChI is InChI=1S/C15H12IN3O2S/c16-12-9-5-4-8-11(12)14(21)17-15(22)19-18-13(20)10-6-2-1-3-7-10/h1-9H,(H,18,20)(H2,17,19,21,22). The maximum absolute atomic E-state index is 12.0. The smallest absolute Gasteiger partial charge is 0.269 e. The average molecular weight is 425 g/mol. The number of hydrazine groups is 1. The van der Waals surface area contributed by atoms with Gasteiger partial charge in [-0.1, -0.05) is 30.3 Å². The van der Waals surface area contributed by atoms with E-state index >= 15 is 0 Å². The van der Waals surface area contributed by atoms with Crippen LogP contribution in [-0.2, 0) is 0 Å². The lowest BCUT2D eigenvalue weighted by Crippen LogP contribution is -2.48. The minimum Gasteiger partial charge on any atom is -0.298 e. The van der Waals surface area contributed by atoms with Gasteiger partial charge in [0.25, 0.3) is 11.8 Å². The Balaban J connectivity index is 1.87. The van der Waals surface area contributed by atoms with Gasteiger partial charge in [-0.3, -0.25) is 25.8 Å². The Labute approximate surface area is 146 Å². The molecule has 0 spiro atoms. The van der Waals surface area contributed by atoms with Crippen LogP contribution in [0.3, 0.4) is 0 Å². The molecular weight excluding hydrogens is 413 g/mol. The first-order chi connectivity index (χ1) is 10.6. The summed E-state index contributed by atoms with van der Waals surface area (Å²) < 4.78 is 0.814. The fraction of sp³-hybridized carbons (Fsp3) is 0. The number of hydrogen-bond donors (Lipinski definition) is 3. The fourth-order valence-electron chi connectivity index (χ4n) is 1.62. The molecule has 5 nitrogen and oxygen atoms in total. The molecule has 2 aromatic carbocycles. The van der Waals surface area contributed by atoms with Crippen molar-refractivity contribution in [3.05, 3.63) is 69.3 Å². The highest BCUT2D eigenvalue weighted by molar-refractivity contribution is 14.1. The molecule has 0 aliphatic carbocycles. The summed E-state index contributed by atoms with van der Waals surface area (Å²) in [6.45, 7) is 0. The van der Waals surface area contributed by atoms with E-state index in [1.165, 1.54) is 0 Å². The van der Waals surface area contributed by atoms with E-state index in [0.717, 1.165) is 3.57 Å². The average Bonchev–Trinajstić information content (AvgIpc) is 2.53. The molecular formula is C15H12IN3O2S. The van der Waals surface area contributed by atoms with Gasteiger partial charge in [-0.25, -0.2) is 0 Å². The van der Waals surface area contributed by atoms with Gasteiger partial charge in [0, 0.05) is 9.13 Å². The second kappa shape index (κ2) is 7.85. The molecule has 0 heterocycles. The minimum atomic E-state index is -0.341. The van der Waals surface area contributed by atoms with Crippen LogP contribution in [0, 0.1) is 3.57 Å². The maximum Gasteiger partial charge on any atom is 0.269 e. The first-order valence-electron chi connectivity index (χ1n) is 6.29. The lowest BCUT2D eigenvalue weighted by Gasteiger charge is -2.11. The van der Waals surface area contributed by atoms with E-state index in [1.807, 2.05) is 18.2 Å². The van der Waals surface area contributed by atoms with E-state index in [4.69, 9.17) is 12.2 Å². The molecule has 0 aliphatic rings. The van der Waals surface area contributed by atoms with Crippen molar-refractivity contribution < 1.29 is 9.59 Å². The van der Waals surface area contributed by atoms with Gasteiger partial charge < -0.3 is 0 Å². The van der Waals surface area contributed by atoms with Crippen LogP contribution in [0.1, 0.15) is 20.7 Å². The molecule has 2 aromatic rings. The lowest BCUT2D eigenvalue weighted by atomic mass is 10.2. The molecule has 112 valence electrons. The van der Waals surface area contributed by atoms with Crippen molar-refractivity contribution in [3.8, 4) is 0 Å². The van der Waals surface area contributed by atoms with Gasteiger partial charge in [-0.15, -0.1) is 0 Å². The number of benzene rings is 2. The molecule has 0 unspecified atom stereocenters. The SMILES string of the molecule is O=C(NNC(=S)NC(=O)c1ccccc1I)c1ccccc1. The van der Waals surface area contributed by atoms with Gasteiger partial charge in [0.1, 0.15) is 0 Å². The molecule has 0 saturated carbocycles. The second-order valence-electron chi connectivity index (χ2n) is 4.21. The molecule has 0 bridgehead atoms. The van der Waals surface area contributed by atoms with E-state index in [-0.39, 0.29) is 16.9 Å². The summed E-state index contributed by atoms with van der Waals surface area (Å²) in [6, 6.07) is 15.8. The van der Waals surface area contributed by atoms with Crippen molar-refractivity contribution in [2.75, 3.05) is 0 Å². The second-order valence-corrected chi connectivity index (χ2v) is 5.78. The molecule has 2 rings (SSSR count). The van der Waals surface area contributed by atoms with Crippen LogP contribution in [0.4, 0.5) is 0 Å². The van der Waals surface area contributed by atoms with E-state index in [1.54, 1.807) is 36.4 Å². The number of thiocarbonyl (C=S) groups is 1. The van der Waals surface area contributed by atoms with E-state index in [2.05, 4.69) is 38.8 Å². The number of halogens is 1. The Morgan fingerprint density at radius 1 is 0.864 bits per heavy atom. The Bertz CT molecular complexity index is 707. The number of carbonyl (C=O) groups excluding carboxylic acids is 2. The van der Waals surface area contributed by atoms with Crippen molar-refractivity contribution in [3.63, 3.8) is 0 Å². The van der Waals surface area contributed by atoms with Gasteiger partial charge in [0.05, 0.1) is 5.56 Å². The normalized spacial score (nSPS) is 9.68. The summed E-state index contributed by atoms with van der Waals surface area (Å²) in [5.41, 5.74) is 5.93. The molecule has 2 amide bonds. The molecule has 0 radical (unpaired) electrons. The highest BCUT2D eigenvalue weighted by Gasteiger charge is 2.11. The van der Waals surface area contributed by atoms with Crippen molar-refractivity contribution in [2.24, 2.45) is 0 Å². The summed E-state index contributed by atoms with van der Waals surface area (Å²) in [4.78, 5) is 23.8. The topological polar surface area (TPSA) is 70.2 Å². The van der Waals surface area contributed by atoms with Gasteiger partial charge in [0.15, 0.2) is 5.11 Å². The largest absolute Gasteiger partial charge is 0.298 e. The molecule has 22 heavy (non-hydrogen) atoms. The third-order valence-electron chi connectivity index (χ3n) is 2.67. The molecule has 0 atom stereocenters. The Morgan fingerprint density at radius 2 is 1.50 bits per heavy atom. The predicted molar refractivity (Wildman–Crippen MR) is 96.3 cm³/mol. The summed E-state index contributed by atoms with van der Waals surface area (Å²) in [5.74, 6) is -0.678. The quantitative estimate of drug-likeness (QED) is 0.392. The van der Waals surface area contributed by atoms with Crippen LogP contribution in [-0.4, -0.2) is 16.9 Å². The number of hydrogen-bond acceptors (Lipinski definition) is 3. The molecule has 0 fully saturated rings. The van der Waals surface area contributed by atoms with E-state index in [0.29, 0.717) is 11.1 Å². The molecule has 0 aromatic heterocycles. The zero-order valence-corrected chi connectivity index (χ0v) is 14.3. The molecule has 7 heteroatoms. The summed E-state index contributed by atoms with van der Waals surface area (Å²) >= 11 is 7.05. The van der Waals surface area contributed by atoms with E-state index < -0.39 is 0 Å². The van der Waals surface area contributed by atoms with Crippen molar-refractivity contribution in [1.82, 2.24) is 16.2 Å². The van der Waals surface area contributed by atoms with Crippen LogP contribution >= 0.6 is 34.8 Å². The minimum absolute atomic E-state index is 0.0222. The number of rotatable bonds is 2. The zero-order valence-electron chi connectivity index (χ0n) is 11.3. The summed E-state index contributed by atoms with van der Waals surface area (Å²) in [5, 5.41) is 2.53. The van der Waals surface area contributed by atoms with Gasteiger partial charge in [-0.05, 0) is 59.1 Å². The molecule has 0 saturated heterocycles. The predicted octanol–water partition coefficient (Wildman–Crippen LogP) is 2.24. The van der Waals surface area contributed by atoms with Crippen LogP contribution < -0.4 is 16.2 Å². The highest BCUT2D eigenvalue weighted by atomic mass is 127. The van der Waals surface area contributed by atoms with Crippen molar-refractivity contribution in [1.29, 1.82) is 0 Å². The Hall–Kier alpha value is -2.00. The number of nitrogens with one attached hydrogen (secondary N) is 3. The van der Waals surface area contributed by atoms with Gasteiger partial charge in [0.2, 0.25) is 0 Å². The number of amides is 2. The third kappa shape index (κ3) is 4.50.